The zero-order chi connectivity index (χ0) is 10.7. The van der Waals surface area contributed by atoms with Crippen molar-refractivity contribution in [3.63, 3.8) is 0 Å². The minimum atomic E-state index is 0.357. The fraction of sp³-hybridized carbons (Fsp3) is 1.00. The summed E-state index contributed by atoms with van der Waals surface area (Å²) in [5.41, 5.74) is 0.357. The second kappa shape index (κ2) is 5.15. The molecule has 0 spiro atoms. The normalized spacial score (nSPS) is 36.0. The Kier molecular flexibility index (Phi) is 4.08. The molecule has 1 aliphatic carbocycles. The maximum Gasteiger partial charge on any atom is 0.0669 e. The summed E-state index contributed by atoms with van der Waals surface area (Å²) in [7, 11) is 0. The van der Waals surface area contributed by atoms with Crippen molar-refractivity contribution in [2.75, 3.05) is 25.2 Å². The Hall–Kier alpha value is 0.400. The SMILES string of the molecule is CCOCCC1(CBr)CCOC1C1CC1. The van der Waals surface area contributed by atoms with Crippen molar-refractivity contribution >= 4 is 15.9 Å². The Bertz CT molecular complexity index is 206. The maximum absolute atomic E-state index is 5.93. The van der Waals surface area contributed by atoms with E-state index >= 15 is 0 Å². The van der Waals surface area contributed by atoms with Crippen LogP contribution in [0.5, 0.6) is 0 Å². The second-order valence-electron chi connectivity index (χ2n) is 4.82. The summed E-state index contributed by atoms with van der Waals surface area (Å²) in [4.78, 5) is 0. The molecule has 88 valence electrons. The minimum absolute atomic E-state index is 0.357. The summed E-state index contributed by atoms with van der Waals surface area (Å²) >= 11 is 3.69. The van der Waals surface area contributed by atoms with Crippen LogP contribution in [0, 0.1) is 11.3 Å². The Morgan fingerprint density at radius 3 is 2.87 bits per heavy atom. The van der Waals surface area contributed by atoms with Crippen LogP contribution < -0.4 is 0 Å². The molecule has 0 N–H and O–H groups in total. The van der Waals surface area contributed by atoms with Gasteiger partial charge in [0.2, 0.25) is 0 Å². The van der Waals surface area contributed by atoms with Gasteiger partial charge in [0.15, 0.2) is 0 Å². The van der Waals surface area contributed by atoms with E-state index in [-0.39, 0.29) is 0 Å². The highest BCUT2D eigenvalue weighted by atomic mass is 79.9. The number of halogens is 1. The van der Waals surface area contributed by atoms with Crippen LogP contribution in [0.15, 0.2) is 0 Å². The lowest BCUT2D eigenvalue weighted by atomic mass is 9.78. The van der Waals surface area contributed by atoms with Crippen molar-refractivity contribution < 1.29 is 9.47 Å². The first kappa shape index (κ1) is 11.9. The second-order valence-corrected chi connectivity index (χ2v) is 5.38. The van der Waals surface area contributed by atoms with Crippen molar-refractivity contribution in [1.82, 2.24) is 0 Å². The van der Waals surface area contributed by atoms with Crippen LogP contribution in [0.2, 0.25) is 0 Å². The van der Waals surface area contributed by atoms with Gasteiger partial charge in [0.1, 0.15) is 0 Å². The Morgan fingerprint density at radius 1 is 1.47 bits per heavy atom. The molecule has 2 atom stereocenters. The van der Waals surface area contributed by atoms with Gasteiger partial charge in [0.25, 0.3) is 0 Å². The first-order chi connectivity index (χ1) is 7.32. The zero-order valence-electron chi connectivity index (χ0n) is 9.51. The molecule has 0 aromatic carbocycles. The molecule has 2 fully saturated rings. The summed E-state index contributed by atoms with van der Waals surface area (Å²) in [5.74, 6) is 0.840. The van der Waals surface area contributed by atoms with Gasteiger partial charge in [0, 0.05) is 30.6 Å². The van der Waals surface area contributed by atoms with Gasteiger partial charge in [-0.05, 0) is 38.5 Å². The van der Waals surface area contributed by atoms with E-state index in [9.17, 15) is 0 Å². The molecule has 0 aromatic rings. The topological polar surface area (TPSA) is 18.5 Å². The van der Waals surface area contributed by atoms with Crippen LogP contribution in [-0.2, 0) is 9.47 Å². The first-order valence-electron chi connectivity index (χ1n) is 6.08. The number of rotatable bonds is 6. The standard InChI is InChI=1S/C12H21BrO2/c1-2-14-7-5-12(9-13)6-8-15-11(12)10-3-4-10/h10-11H,2-9H2,1H3. The summed E-state index contributed by atoms with van der Waals surface area (Å²) in [6.45, 7) is 4.71. The summed E-state index contributed by atoms with van der Waals surface area (Å²) in [5, 5.41) is 1.06. The molecule has 2 nitrogen and oxygen atoms in total. The van der Waals surface area contributed by atoms with Gasteiger partial charge in [-0.25, -0.2) is 0 Å². The number of hydrogen-bond donors (Lipinski definition) is 0. The molecule has 0 amide bonds. The van der Waals surface area contributed by atoms with Gasteiger partial charge in [-0.1, -0.05) is 15.9 Å². The molecule has 1 aliphatic heterocycles. The predicted molar refractivity (Wildman–Crippen MR) is 64.4 cm³/mol. The monoisotopic (exact) mass is 276 g/mol. The molecular weight excluding hydrogens is 256 g/mol. The largest absolute Gasteiger partial charge is 0.382 e. The highest BCUT2D eigenvalue weighted by Crippen LogP contribution is 2.50. The fourth-order valence-electron chi connectivity index (χ4n) is 2.64. The highest BCUT2D eigenvalue weighted by molar-refractivity contribution is 9.09. The van der Waals surface area contributed by atoms with E-state index in [0.29, 0.717) is 11.5 Å². The lowest BCUT2D eigenvalue weighted by Crippen LogP contribution is -2.35. The van der Waals surface area contributed by atoms with E-state index < -0.39 is 0 Å². The van der Waals surface area contributed by atoms with E-state index in [1.54, 1.807) is 0 Å². The van der Waals surface area contributed by atoms with E-state index in [2.05, 4.69) is 22.9 Å². The molecule has 15 heavy (non-hydrogen) atoms. The van der Waals surface area contributed by atoms with Crippen molar-refractivity contribution in [1.29, 1.82) is 0 Å². The van der Waals surface area contributed by atoms with Gasteiger partial charge < -0.3 is 9.47 Å². The fourth-order valence-corrected chi connectivity index (χ4v) is 3.52. The molecule has 2 aliphatic rings. The zero-order valence-corrected chi connectivity index (χ0v) is 11.1. The van der Waals surface area contributed by atoms with Crippen molar-refractivity contribution in [3.05, 3.63) is 0 Å². The van der Waals surface area contributed by atoms with Gasteiger partial charge >= 0.3 is 0 Å². The van der Waals surface area contributed by atoms with Crippen LogP contribution in [0.3, 0.4) is 0 Å². The Labute approximate surface area is 101 Å². The van der Waals surface area contributed by atoms with Gasteiger partial charge in [-0.3, -0.25) is 0 Å². The molecule has 1 saturated heterocycles. The van der Waals surface area contributed by atoms with Gasteiger partial charge in [0.05, 0.1) is 6.10 Å². The molecular formula is C12H21BrO2. The van der Waals surface area contributed by atoms with E-state index in [0.717, 1.165) is 37.5 Å². The molecule has 0 aromatic heterocycles. The van der Waals surface area contributed by atoms with Crippen molar-refractivity contribution in [2.45, 2.75) is 38.7 Å². The Morgan fingerprint density at radius 2 is 2.27 bits per heavy atom. The minimum Gasteiger partial charge on any atom is -0.382 e. The third-order valence-electron chi connectivity index (χ3n) is 3.77. The predicted octanol–water partition coefficient (Wildman–Crippen LogP) is 2.99. The average molecular weight is 277 g/mol. The van der Waals surface area contributed by atoms with Crippen LogP contribution in [0.25, 0.3) is 0 Å². The molecule has 1 heterocycles. The Balaban J connectivity index is 1.92. The molecule has 2 rings (SSSR count). The lowest BCUT2D eigenvalue weighted by molar-refractivity contribution is 0.0213. The molecule has 2 unspecified atom stereocenters. The van der Waals surface area contributed by atoms with Crippen molar-refractivity contribution in [3.8, 4) is 0 Å². The molecule has 0 radical (unpaired) electrons. The van der Waals surface area contributed by atoms with Gasteiger partial charge in [-0.2, -0.15) is 0 Å². The third kappa shape index (κ3) is 2.56. The highest BCUT2D eigenvalue weighted by Gasteiger charge is 2.49. The molecule has 0 bridgehead atoms. The maximum atomic E-state index is 5.93. The summed E-state index contributed by atoms with van der Waals surface area (Å²) in [6.07, 6.45) is 5.58. The smallest absolute Gasteiger partial charge is 0.0669 e. The number of alkyl halides is 1. The third-order valence-corrected chi connectivity index (χ3v) is 4.88. The van der Waals surface area contributed by atoms with E-state index in [1.165, 1.54) is 19.3 Å². The van der Waals surface area contributed by atoms with Crippen LogP contribution in [-0.4, -0.2) is 31.3 Å². The van der Waals surface area contributed by atoms with Crippen LogP contribution in [0.1, 0.15) is 32.6 Å². The van der Waals surface area contributed by atoms with E-state index in [4.69, 9.17) is 9.47 Å². The summed E-state index contributed by atoms with van der Waals surface area (Å²) < 4.78 is 11.4. The van der Waals surface area contributed by atoms with E-state index in [1.807, 2.05) is 0 Å². The van der Waals surface area contributed by atoms with Gasteiger partial charge in [-0.15, -0.1) is 0 Å². The number of ether oxygens (including phenoxy) is 2. The van der Waals surface area contributed by atoms with Crippen molar-refractivity contribution in [2.24, 2.45) is 11.3 Å². The molecule has 1 saturated carbocycles. The quantitative estimate of drug-likeness (QED) is 0.549. The van der Waals surface area contributed by atoms with Crippen LogP contribution >= 0.6 is 15.9 Å². The molecule has 3 heteroatoms. The van der Waals surface area contributed by atoms with Crippen LogP contribution in [0.4, 0.5) is 0 Å². The first-order valence-corrected chi connectivity index (χ1v) is 7.20. The lowest BCUT2D eigenvalue weighted by Gasteiger charge is -2.32. The average Bonchev–Trinajstić information content (AvgIpc) is 3.01. The summed E-state index contributed by atoms with van der Waals surface area (Å²) in [6, 6.07) is 0. The number of hydrogen-bond acceptors (Lipinski definition) is 2.